The zero-order chi connectivity index (χ0) is 7.56. The Morgan fingerprint density at radius 1 is 1.70 bits per heavy atom. The third-order valence-electron chi connectivity index (χ3n) is 1.39. The number of anilines is 1. The number of nitrogens with two attached hydrogens (primary N) is 2. The summed E-state index contributed by atoms with van der Waals surface area (Å²) in [7, 11) is 0. The van der Waals surface area contributed by atoms with Crippen LogP contribution >= 0.6 is 0 Å². The molecule has 4 nitrogen and oxygen atoms in total. The maximum Gasteiger partial charge on any atom is 0.145 e. The van der Waals surface area contributed by atoms with Crippen molar-refractivity contribution in [2.24, 2.45) is 5.73 Å². The van der Waals surface area contributed by atoms with Crippen LogP contribution in [0.25, 0.3) is 0 Å². The van der Waals surface area contributed by atoms with Crippen molar-refractivity contribution < 1.29 is 0 Å². The van der Waals surface area contributed by atoms with Gasteiger partial charge in [0, 0.05) is 19.2 Å². The predicted molar refractivity (Wildman–Crippen MR) is 40.2 cm³/mol. The summed E-state index contributed by atoms with van der Waals surface area (Å²) in [6.45, 7) is 3.33. The highest BCUT2D eigenvalue weighted by molar-refractivity contribution is 5.29. The van der Waals surface area contributed by atoms with Crippen LogP contribution in [0.1, 0.15) is 12.6 Å². The number of rotatable bonds is 2. The lowest BCUT2D eigenvalue weighted by Gasteiger charge is -1.98. The monoisotopic (exact) mass is 140 g/mol. The maximum absolute atomic E-state index is 5.44. The summed E-state index contributed by atoms with van der Waals surface area (Å²) in [5.74, 6) is 0.544. The number of hydrogen-bond acceptors (Lipinski definition) is 3. The lowest BCUT2D eigenvalue weighted by Crippen LogP contribution is -2.06. The van der Waals surface area contributed by atoms with E-state index in [1.165, 1.54) is 0 Å². The Labute approximate surface area is 59.8 Å². The molecule has 4 heteroatoms. The van der Waals surface area contributed by atoms with Gasteiger partial charge in [0.25, 0.3) is 0 Å². The molecule has 0 spiro atoms. The number of nitrogen functional groups attached to an aromatic ring is 1. The molecule has 0 unspecified atom stereocenters. The Hall–Kier alpha value is -1.03. The first-order chi connectivity index (χ1) is 4.77. The molecule has 1 aromatic heterocycles. The van der Waals surface area contributed by atoms with Gasteiger partial charge in [-0.05, 0) is 6.92 Å². The first-order valence-electron chi connectivity index (χ1n) is 3.30. The second-order valence-electron chi connectivity index (χ2n) is 2.08. The van der Waals surface area contributed by atoms with E-state index in [-0.39, 0.29) is 0 Å². The fourth-order valence-electron chi connectivity index (χ4n) is 0.916. The van der Waals surface area contributed by atoms with Crippen molar-refractivity contribution in [3.63, 3.8) is 0 Å². The molecule has 0 aliphatic heterocycles. The van der Waals surface area contributed by atoms with Gasteiger partial charge in [0.15, 0.2) is 0 Å². The Bertz CT molecular complexity index is 194. The van der Waals surface area contributed by atoms with Gasteiger partial charge in [-0.25, -0.2) is 0 Å². The largest absolute Gasteiger partial charge is 0.382 e. The van der Waals surface area contributed by atoms with E-state index in [0.717, 1.165) is 12.2 Å². The van der Waals surface area contributed by atoms with Gasteiger partial charge < -0.3 is 11.5 Å². The van der Waals surface area contributed by atoms with Crippen LogP contribution in [0.4, 0.5) is 5.82 Å². The second kappa shape index (κ2) is 2.70. The van der Waals surface area contributed by atoms with E-state index in [1.54, 1.807) is 10.7 Å². The quantitative estimate of drug-likeness (QED) is 0.604. The highest BCUT2D eigenvalue weighted by Gasteiger charge is 1.99. The summed E-state index contributed by atoms with van der Waals surface area (Å²) in [6, 6.07) is 1.80. The zero-order valence-electron chi connectivity index (χ0n) is 6.04. The molecule has 0 fully saturated rings. The van der Waals surface area contributed by atoms with Crippen LogP contribution < -0.4 is 11.5 Å². The van der Waals surface area contributed by atoms with Crippen LogP contribution in [0.15, 0.2) is 6.07 Å². The van der Waals surface area contributed by atoms with Gasteiger partial charge >= 0.3 is 0 Å². The van der Waals surface area contributed by atoms with Gasteiger partial charge in [0.2, 0.25) is 0 Å². The van der Waals surface area contributed by atoms with E-state index in [2.05, 4.69) is 5.10 Å². The van der Waals surface area contributed by atoms with Crippen molar-refractivity contribution in [3.8, 4) is 0 Å². The van der Waals surface area contributed by atoms with Gasteiger partial charge in [-0.15, -0.1) is 0 Å². The van der Waals surface area contributed by atoms with Crippen molar-refractivity contribution >= 4 is 5.82 Å². The molecule has 0 amide bonds. The molecule has 0 atom stereocenters. The van der Waals surface area contributed by atoms with Crippen LogP contribution in [0.5, 0.6) is 0 Å². The first kappa shape index (κ1) is 7.08. The van der Waals surface area contributed by atoms with Crippen LogP contribution in [0.2, 0.25) is 0 Å². The summed E-state index contributed by atoms with van der Waals surface area (Å²) in [4.78, 5) is 0. The van der Waals surface area contributed by atoms with E-state index in [4.69, 9.17) is 11.5 Å². The van der Waals surface area contributed by atoms with Crippen molar-refractivity contribution in [2.75, 3.05) is 5.73 Å². The Kier molecular flexibility index (Phi) is 1.91. The lowest BCUT2D eigenvalue weighted by atomic mass is 10.4. The van der Waals surface area contributed by atoms with E-state index < -0.39 is 0 Å². The minimum absolute atomic E-state index is 0.498. The van der Waals surface area contributed by atoms with E-state index in [1.807, 2.05) is 6.92 Å². The van der Waals surface area contributed by atoms with Gasteiger partial charge in [-0.2, -0.15) is 5.10 Å². The van der Waals surface area contributed by atoms with Crippen LogP contribution in [-0.4, -0.2) is 9.78 Å². The van der Waals surface area contributed by atoms with E-state index >= 15 is 0 Å². The standard InChI is InChI=1S/C6H12N4/c1-2-10-5(4-7)3-6(8)9-10/h3H,2,4,7H2,1H3,(H2,8,9). The smallest absolute Gasteiger partial charge is 0.145 e. The number of hydrogen-bond donors (Lipinski definition) is 2. The molecule has 4 N–H and O–H groups in total. The molecule has 0 saturated heterocycles. The molecular weight excluding hydrogens is 128 g/mol. The number of nitrogens with zero attached hydrogens (tertiary/aromatic N) is 2. The van der Waals surface area contributed by atoms with E-state index in [0.29, 0.717) is 12.4 Å². The van der Waals surface area contributed by atoms with Crippen molar-refractivity contribution in [2.45, 2.75) is 20.0 Å². The Balaban J connectivity index is 2.96. The summed E-state index contributed by atoms with van der Waals surface area (Å²) < 4.78 is 1.80. The highest BCUT2D eigenvalue weighted by atomic mass is 15.3. The topological polar surface area (TPSA) is 69.9 Å². The third-order valence-corrected chi connectivity index (χ3v) is 1.39. The molecule has 0 aliphatic rings. The lowest BCUT2D eigenvalue weighted by molar-refractivity contribution is 0.625. The highest BCUT2D eigenvalue weighted by Crippen LogP contribution is 2.03. The SMILES string of the molecule is CCn1nc(N)cc1CN. The van der Waals surface area contributed by atoms with Crippen molar-refractivity contribution in [1.29, 1.82) is 0 Å². The molecule has 0 bridgehead atoms. The van der Waals surface area contributed by atoms with Gasteiger partial charge in [0.1, 0.15) is 5.82 Å². The fourth-order valence-corrected chi connectivity index (χ4v) is 0.916. The van der Waals surface area contributed by atoms with Crippen LogP contribution in [0.3, 0.4) is 0 Å². The molecule has 10 heavy (non-hydrogen) atoms. The van der Waals surface area contributed by atoms with Gasteiger partial charge in [-0.1, -0.05) is 0 Å². The molecule has 1 rings (SSSR count). The van der Waals surface area contributed by atoms with Crippen LogP contribution in [-0.2, 0) is 13.1 Å². The Morgan fingerprint density at radius 3 is 2.80 bits per heavy atom. The molecule has 0 saturated carbocycles. The number of aryl methyl sites for hydroxylation is 1. The van der Waals surface area contributed by atoms with E-state index in [9.17, 15) is 0 Å². The normalized spacial score (nSPS) is 10.2. The van der Waals surface area contributed by atoms with Gasteiger partial charge in [0.05, 0.1) is 5.69 Å². The molecule has 1 heterocycles. The Morgan fingerprint density at radius 2 is 2.40 bits per heavy atom. The maximum atomic E-state index is 5.44. The number of aromatic nitrogens is 2. The molecule has 0 aliphatic carbocycles. The first-order valence-corrected chi connectivity index (χ1v) is 3.30. The molecule has 0 radical (unpaired) electrons. The average molecular weight is 140 g/mol. The second-order valence-corrected chi connectivity index (χ2v) is 2.08. The molecule has 1 aromatic rings. The predicted octanol–water partition coefficient (Wildman–Crippen LogP) is -0.0561. The minimum atomic E-state index is 0.498. The molecule has 56 valence electrons. The van der Waals surface area contributed by atoms with Gasteiger partial charge in [-0.3, -0.25) is 4.68 Å². The molecule has 0 aromatic carbocycles. The summed E-state index contributed by atoms with van der Waals surface area (Å²) >= 11 is 0. The average Bonchev–Trinajstić information content (AvgIpc) is 2.30. The van der Waals surface area contributed by atoms with Crippen molar-refractivity contribution in [3.05, 3.63) is 11.8 Å². The summed E-state index contributed by atoms with van der Waals surface area (Å²) in [5, 5.41) is 4.01. The van der Waals surface area contributed by atoms with Crippen LogP contribution in [0, 0.1) is 0 Å². The summed E-state index contributed by atoms with van der Waals surface area (Å²) in [5.41, 5.74) is 11.9. The zero-order valence-corrected chi connectivity index (χ0v) is 6.04. The fraction of sp³-hybridized carbons (Fsp3) is 0.500. The third kappa shape index (κ3) is 1.11. The van der Waals surface area contributed by atoms with Crippen molar-refractivity contribution in [1.82, 2.24) is 9.78 Å². The minimum Gasteiger partial charge on any atom is -0.382 e. The molecular formula is C6H12N4. The summed E-state index contributed by atoms with van der Waals surface area (Å²) in [6.07, 6.45) is 0.